The van der Waals surface area contributed by atoms with Gasteiger partial charge in [-0.2, -0.15) is 13.9 Å². The van der Waals surface area contributed by atoms with Gasteiger partial charge in [0.15, 0.2) is 0 Å². The van der Waals surface area contributed by atoms with Crippen molar-refractivity contribution in [2.75, 3.05) is 22.7 Å². The van der Waals surface area contributed by atoms with Gasteiger partial charge in [-0.1, -0.05) is 0 Å². The van der Waals surface area contributed by atoms with Crippen LogP contribution >= 0.6 is 0 Å². The first-order valence-electron chi connectivity index (χ1n) is 11.7. The number of hydrogen-bond donors (Lipinski definition) is 2. The van der Waals surface area contributed by atoms with Crippen LogP contribution in [0.5, 0.6) is 5.75 Å². The predicted molar refractivity (Wildman–Crippen MR) is 133 cm³/mol. The molecule has 2 N–H and O–H groups in total. The monoisotopic (exact) mass is 577 g/mol. The molecule has 38 heavy (non-hydrogen) atoms. The average molecular weight is 578 g/mol. The summed E-state index contributed by atoms with van der Waals surface area (Å²) in [5, 5.41) is 5.54. The molecule has 0 radical (unpaired) electrons. The number of fused-ring (bicyclic) bond motifs is 1. The summed E-state index contributed by atoms with van der Waals surface area (Å²) in [4.78, 5) is 11.8. The maximum absolute atomic E-state index is 13.7. The standard InChI is InChI=1S/C22H29F2N5O7S2/c1-13-19(11-25-29(13)20(23)24)38(33,34)28-12-15(10-26-37(31,32)16-6-7-16)35-18-8-5-14(9-17(18)28)27-21(30)36-22(2,3)4/h5,8-9,11,15-16,20,26H,6-7,10,12H2,1-4H3,(H,27,30)/t15-/m0/s1. The maximum Gasteiger partial charge on any atom is 0.412 e. The molecule has 1 aliphatic heterocycles. The minimum Gasteiger partial charge on any atom is -0.485 e. The summed E-state index contributed by atoms with van der Waals surface area (Å²) >= 11 is 0. The number of alkyl halides is 2. The van der Waals surface area contributed by atoms with Crippen molar-refractivity contribution in [2.24, 2.45) is 0 Å². The second-order valence-corrected chi connectivity index (χ2v) is 13.9. The lowest BCUT2D eigenvalue weighted by Crippen LogP contribution is -2.48. The van der Waals surface area contributed by atoms with Crippen molar-refractivity contribution in [1.82, 2.24) is 14.5 Å². The summed E-state index contributed by atoms with van der Waals surface area (Å²) in [6.45, 7) is 2.65. The number of carbonyl (C=O) groups is 1. The van der Waals surface area contributed by atoms with E-state index in [-0.39, 0.29) is 40.6 Å². The second-order valence-electron chi connectivity index (χ2n) is 9.99. The number of halogens is 2. The number of carbonyl (C=O) groups excluding carboxylic acids is 1. The zero-order valence-electron chi connectivity index (χ0n) is 21.1. The smallest absolute Gasteiger partial charge is 0.412 e. The molecule has 2 heterocycles. The SMILES string of the molecule is Cc1c(S(=O)(=O)N2C[C@H](CNS(=O)(=O)C3CC3)Oc3ccc(NC(=O)OC(C)(C)C)cc32)cnn1C(F)F. The Kier molecular flexibility index (Phi) is 7.35. The topological polar surface area (TPSA) is 149 Å². The third-order valence-electron chi connectivity index (χ3n) is 5.76. The van der Waals surface area contributed by atoms with E-state index < -0.39 is 54.5 Å². The van der Waals surface area contributed by atoms with Crippen molar-refractivity contribution in [1.29, 1.82) is 0 Å². The molecule has 1 saturated carbocycles. The van der Waals surface area contributed by atoms with Gasteiger partial charge < -0.3 is 9.47 Å². The lowest BCUT2D eigenvalue weighted by atomic mass is 10.2. The van der Waals surface area contributed by atoms with Gasteiger partial charge >= 0.3 is 12.6 Å². The van der Waals surface area contributed by atoms with Crippen molar-refractivity contribution in [3.8, 4) is 5.75 Å². The van der Waals surface area contributed by atoms with Crippen LogP contribution in [-0.4, -0.2) is 62.8 Å². The molecule has 210 valence electrons. The fourth-order valence-corrected chi connectivity index (χ4v) is 6.89. The molecule has 1 amide bonds. The Morgan fingerprint density at radius 2 is 1.92 bits per heavy atom. The van der Waals surface area contributed by atoms with Crippen LogP contribution in [0.25, 0.3) is 0 Å². The van der Waals surface area contributed by atoms with E-state index in [1.54, 1.807) is 20.8 Å². The third-order valence-corrected chi connectivity index (χ3v) is 9.56. The average Bonchev–Trinajstić information content (AvgIpc) is 3.58. The Morgan fingerprint density at radius 1 is 1.24 bits per heavy atom. The fraction of sp³-hybridized carbons (Fsp3) is 0.545. The summed E-state index contributed by atoms with van der Waals surface area (Å²) in [5.74, 6) is 0.0871. The molecule has 2 aromatic rings. The molecular formula is C22H29F2N5O7S2. The highest BCUT2D eigenvalue weighted by molar-refractivity contribution is 7.93. The number of rotatable bonds is 8. The van der Waals surface area contributed by atoms with Gasteiger partial charge in [-0.3, -0.25) is 9.62 Å². The molecule has 4 rings (SSSR count). The molecule has 1 aromatic carbocycles. The number of ether oxygens (including phenoxy) is 2. The summed E-state index contributed by atoms with van der Waals surface area (Å²) in [7, 11) is -8.04. The molecule has 0 unspecified atom stereocenters. The molecule has 12 nitrogen and oxygen atoms in total. The van der Waals surface area contributed by atoms with Crippen LogP contribution in [0.15, 0.2) is 29.3 Å². The number of amides is 1. The first-order valence-corrected chi connectivity index (χ1v) is 14.7. The van der Waals surface area contributed by atoms with E-state index in [1.807, 2.05) is 0 Å². The third kappa shape index (κ3) is 6.02. The molecular weight excluding hydrogens is 548 g/mol. The summed E-state index contributed by atoms with van der Waals surface area (Å²) in [6, 6.07) is 4.22. The molecule has 0 saturated heterocycles. The normalized spacial score (nSPS) is 18.2. The molecule has 1 atom stereocenters. The van der Waals surface area contributed by atoms with E-state index >= 15 is 0 Å². The highest BCUT2D eigenvalue weighted by Crippen LogP contribution is 2.40. The van der Waals surface area contributed by atoms with Gasteiger partial charge in [0.1, 0.15) is 22.4 Å². The number of sulfonamides is 2. The Hall–Kier alpha value is -2.98. The van der Waals surface area contributed by atoms with Crippen LogP contribution in [0.2, 0.25) is 0 Å². The van der Waals surface area contributed by atoms with E-state index in [2.05, 4.69) is 15.1 Å². The number of benzene rings is 1. The van der Waals surface area contributed by atoms with Gasteiger partial charge in [0.2, 0.25) is 10.0 Å². The summed E-state index contributed by atoms with van der Waals surface area (Å²) in [6.07, 6.45) is 0.223. The first kappa shape index (κ1) is 28.0. The minimum absolute atomic E-state index is 0.0176. The number of nitrogens with zero attached hydrogens (tertiary/aromatic N) is 3. The van der Waals surface area contributed by atoms with Crippen LogP contribution < -0.4 is 19.1 Å². The van der Waals surface area contributed by atoms with E-state index in [4.69, 9.17) is 9.47 Å². The molecule has 0 spiro atoms. The number of anilines is 2. The summed E-state index contributed by atoms with van der Waals surface area (Å²) in [5.41, 5.74) is -0.846. The van der Waals surface area contributed by atoms with E-state index in [0.717, 1.165) is 10.5 Å². The second kappa shape index (κ2) is 9.96. The quantitative estimate of drug-likeness (QED) is 0.487. The van der Waals surface area contributed by atoms with E-state index in [9.17, 15) is 30.4 Å². The van der Waals surface area contributed by atoms with Crippen molar-refractivity contribution in [2.45, 2.75) is 68.9 Å². The fourth-order valence-electron chi connectivity index (χ4n) is 3.83. The van der Waals surface area contributed by atoms with Crippen LogP contribution in [0.1, 0.15) is 45.9 Å². The van der Waals surface area contributed by atoms with E-state index in [1.165, 1.54) is 25.1 Å². The highest BCUT2D eigenvalue weighted by atomic mass is 32.2. The highest BCUT2D eigenvalue weighted by Gasteiger charge is 2.40. The van der Waals surface area contributed by atoms with Gasteiger partial charge in [-0.15, -0.1) is 0 Å². The Bertz CT molecular complexity index is 1430. The van der Waals surface area contributed by atoms with Gasteiger partial charge in [0.25, 0.3) is 10.0 Å². The molecule has 1 aromatic heterocycles. The van der Waals surface area contributed by atoms with Gasteiger partial charge in [0, 0.05) is 12.2 Å². The maximum atomic E-state index is 13.7. The Labute approximate surface area is 219 Å². The lowest BCUT2D eigenvalue weighted by Gasteiger charge is -2.35. The van der Waals surface area contributed by atoms with Crippen molar-refractivity contribution < 1.29 is 39.9 Å². The predicted octanol–water partition coefficient (Wildman–Crippen LogP) is 2.97. The van der Waals surface area contributed by atoms with Crippen LogP contribution in [-0.2, 0) is 24.8 Å². The molecule has 0 bridgehead atoms. The largest absolute Gasteiger partial charge is 0.485 e. The first-order chi connectivity index (χ1) is 17.6. The number of nitrogens with one attached hydrogen (secondary N) is 2. The Balaban J connectivity index is 1.68. The van der Waals surface area contributed by atoms with Gasteiger partial charge in [-0.05, 0) is 58.7 Å². The summed E-state index contributed by atoms with van der Waals surface area (Å²) < 4.78 is 93.4. The van der Waals surface area contributed by atoms with Crippen molar-refractivity contribution in [3.63, 3.8) is 0 Å². The van der Waals surface area contributed by atoms with Crippen molar-refractivity contribution >= 4 is 37.5 Å². The number of hydrogen-bond acceptors (Lipinski definition) is 8. The zero-order chi connectivity index (χ0) is 28.0. The molecule has 1 aliphatic carbocycles. The molecule has 16 heteroatoms. The number of aromatic nitrogens is 2. The van der Waals surface area contributed by atoms with Gasteiger partial charge in [-0.25, -0.2) is 31.0 Å². The zero-order valence-corrected chi connectivity index (χ0v) is 22.8. The van der Waals surface area contributed by atoms with Crippen LogP contribution in [0, 0.1) is 6.92 Å². The molecule has 2 aliphatic rings. The Morgan fingerprint density at radius 3 is 2.50 bits per heavy atom. The molecule has 1 fully saturated rings. The van der Waals surface area contributed by atoms with Gasteiger partial charge in [0.05, 0.1) is 29.4 Å². The minimum atomic E-state index is -4.47. The lowest BCUT2D eigenvalue weighted by molar-refractivity contribution is 0.0540. The van der Waals surface area contributed by atoms with E-state index in [0.29, 0.717) is 12.8 Å². The van der Waals surface area contributed by atoms with Crippen molar-refractivity contribution in [3.05, 3.63) is 30.1 Å². The van der Waals surface area contributed by atoms with Crippen LogP contribution in [0.4, 0.5) is 25.0 Å². The van der Waals surface area contributed by atoms with Crippen LogP contribution in [0.3, 0.4) is 0 Å².